The number of benzene rings is 2. The highest BCUT2D eigenvalue weighted by Gasteiger charge is 2.13. The number of rotatable bonds is 8. The summed E-state index contributed by atoms with van der Waals surface area (Å²) in [5.74, 6) is -1.84. The standard InChI is InChI=1S/C19H18Cl2N4O5/c1-2-29-16-7-11(3-6-15(16)30-10-17(22)26)9-23-25-19(28)18(27)24-12-4-5-13(20)14(21)8-12/h3-9H,2,10H2,1H3,(H2,22,26)(H,24,27)(H,25,28)/b23-9+. The minimum Gasteiger partial charge on any atom is -0.490 e. The van der Waals surface area contributed by atoms with Gasteiger partial charge in [0.15, 0.2) is 18.1 Å². The lowest BCUT2D eigenvalue weighted by Gasteiger charge is -2.11. The summed E-state index contributed by atoms with van der Waals surface area (Å²) < 4.78 is 10.7. The summed E-state index contributed by atoms with van der Waals surface area (Å²) in [5, 5.41) is 6.67. The number of ether oxygens (including phenoxy) is 2. The van der Waals surface area contributed by atoms with Crippen LogP contribution >= 0.6 is 23.2 Å². The second-order valence-electron chi connectivity index (χ2n) is 5.68. The average Bonchev–Trinajstić information content (AvgIpc) is 2.70. The van der Waals surface area contributed by atoms with Crippen LogP contribution in [0, 0.1) is 0 Å². The minimum absolute atomic E-state index is 0.237. The number of nitrogens with two attached hydrogens (primary N) is 1. The summed E-state index contributed by atoms with van der Waals surface area (Å²) in [6.45, 7) is 1.85. The van der Waals surface area contributed by atoms with E-state index < -0.39 is 17.7 Å². The zero-order chi connectivity index (χ0) is 22.1. The van der Waals surface area contributed by atoms with Crippen LogP contribution in [0.2, 0.25) is 10.0 Å². The van der Waals surface area contributed by atoms with E-state index in [1.54, 1.807) is 25.1 Å². The number of amides is 3. The second-order valence-corrected chi connectivity index (χ2v) is 6.49. The first-order valence-electron chi connectivity index (χ1n) is 8.57. The molecule has 4 N–H and O–H groups in total. The van der Waals surface area contributed by atoms with E-state index in [9.17, 15) is 14.4 Å². The third-order valence-corrected chi connectivity index (χ3v) is 4.14. The van der Waals surface area contributed by atoms with Crippen molar-refractivity contribution in [3.05, 3.63) is 52.0 Å². The molecule has 0 saturated carbocycles. The van der Waals surface area contributed by atoms with E-state index in [0.29, 0.717) is 34.4 Å². The van der Waals surface area contributed by atoms with Crippen LogP contribution in [-0.4, -0.2) is 37.1 Å². The molecule has 3 amide bonds. The lowest BCUT2D eigenvalue weighted by molar-refractivity contribution is -0.136. The molecule has 0 heterocycles. The van der Waals surface area contributed by atoms with Crippen LogP contribution in [0.25, 0.3) is 0 Å². The van der Waals surface area contributed by atoms with E-state index in [4.69, 9.17) is 38.4 Å². The van der Waals surface area contributed by atoms with E-state index in [-0.39, 0.29) is 11.6 Å². The van der Waals surface area contributed by atoms with E-state index in [1.807, 2.05) is 0 Å². The number of nitrogens with zero attached hydrogens (tertiary/aromatic N) is 1. The third-order valence-electron chi connectivity index (χ3n) is 3.40. The van der Waals surface area contributed by atoms with Crippen molar-refractivity contribution >= 4 is 52.8 Å². The van der Waals surface area contributed by atoms with Crippen LogP contribution < -0.4 is 25.9 Å². The zero-order valence-corrected chi connectivity index (χ0v) is 17.3. The van der Waals surface area contributed by atoms with Gasteiger partial charge >= 0.3 is 11.8 Å². The molecule has 2 aromatic rings. The molecule has 0 aliphatic heterocycles. The van der Waals surface area contributed by atoms with Gasteiger partial charge in [-0.3, -0.25) is 14.4 Å². The fourth-order valence-corrected chi connectivity index (χ4v) is 2.42. The number of anilines is 1. The number of halogens is 2. The summed E-state index contributed by atoms with van der Waals surface area (Å²) in [4.78, 5) is 34.7. The van der Waals surface area contributed by atoms with Crippen LogP contribution in [-0.2, 0) is 14.4 Å². The smallest absolute Gasteiger partial charge is 0.329 e. The molecular weight excluding hydrogens is 435 g/mol. The molecule has 2 aromatic carbocycles. The Morgan fingerprint density at radius 2 is 1.80 bits per heavy atom. The van der Waals surface area contributed by atoms with E-state index >= 15 is 0 Å². The Morgan fingerprint density at radius 3 is 2.47 bits per heavy atom. The van der Waals surface area contributed by atoms with Crippen LogP contribution in [0.15, 0.2) is 41.5 Å². The average molecular weight is 453 g/mol. The molecule has 0 aliphatic carbocycles. The molecule has 0 atom stereocenters. The summed E-state index contributed by atoms with van der Waals surface area (Å²) in [5.41, 5.74) is 8.03. The topological polar surface area (TPSA) is 132 Å². The van der Waals surface area contributed by atoms with Crippen molar-refractivity contribution in [3.63, 3.8) is 0 Å². The zero-order valence-electron chi connectivity index (χ0n) is 15.8. The highest BCUT2D eigenvalue weighted by molar-refractivity contribution is 6.42. The highest BCUT2D eigenvalue weighted by atomic mass is 35.5. The number of hydrogen-bond acceptors (Lipinski definition) is 6. The Morgan fingerprint density at radius 1 is 1.03 bits per heavy atom. The largest absolute Gasteiger partial charge is 0.490 e. The Labute approximate surface area is 182 Å². The van der Waals surface area contributed by atoms with Gasteiger partial charge in [-0.05, 0) is 48.9 Å². The highest BCUT2D eigenvalue weighted by Crippen LogP contribution is 2.28. The SMILES string of the molecule is CCOc1cc(/C=N/NC(=O)C(=O)Nc2ccc(Cl)c(Cl)c2)ccc1OCC(N)=O. The number of primary amides is 1. The molecule has 2 rings (SSSR count). The number of carbonyl (C=O) groups excluding carboxylic acids is 3. The molecule has 0 unspecified atom stereocenters. The van der Waals surface area contributed by atoms with Gasteiger partial charge in [0.1, 0.15) is 0 Å². The predicted molar refractivity (Wildman–Crippen MR) is 113 cm³/mol. The lowest BCUT2D eigenvalue weighted by atomic mass is 10.2. The molecule has 0 bridgehead atoms. The summed E-state index contributed by atoms with van der Waals surface area (Å²) in [6.07, 6.45) is 1.31. The maximum atomic E-state index is 11.9. The molecule has 30 heavy (non-hydrogen) atoms. The summed E-state index contributed by atoms with van der Waals surface area (Å²) in [6, 6.07) is 9.17. The fourth-order valence-electron chi connectivity index (χ4n) is 2.12. The van der Waals surface area contributed by atoms with Crippen molar-refractivity contribution in [2.45, 2.75) is 6.92 Å². The molecule has 0 fully saturated rings. The van der Waals surface area contributed by atoms with Crippen molar-refractivity contribution in [2.75, 3.05) is 18.5 Å². The Hall–Kier alpha value is -3.30. The van der Waals surface area contributed by atoms with E-state index in [0.717, 1.165) is 0 Å². The second kappa shape index (κ2) is 11.0. The quantitative estimate of drug-likeness (QED) is 0.321. The minimum atomic E-state index is -0.983. The maximum absolute atomic E-state index is 11.9. The van der Waals surface area contributed by atoms with Gasteiger partial charge in [0.05, 0.1) is 22.9 Å². The van der Waals surface area contributed by atoms with Crippen molar-refractivity contribution in [1.29, 1.82) is 0 Å². The van der Waals surface area contributed by atoms with Crippen LogP contribution in [0.5, 0.6) is 11.5 Å². The van der Waals surface area contributed by atoms with E-state index in [2.05, 4.69) is 15.8 Å². The number of carbonyl (C=O) groups is 3. The van der Waals surface area contributed by atoms with Gasteiger partial charge in [0, 0.05) is 5.69 Å². The molecule has 0 saturated heterocycles. The number of nitrogens with one attached hydrogen (secondary N) is 2. The first-order chi connectivity index (χ1) is 14.3. The van der Waals surface area contributed by atoms with Crippen molar-refractivity contribution in [1.82, 2.24) is 5.43 Å². The summed E-state index contributed by atoms with van der Waals surface area (Å²) >= 11 is 11.7. The van der Waals surface area contributed by atoms with Gasteiger partial charge in [-0.25, -0.2) is 5.43 Å². The van der Waals surface area contributed by atoms with Crippen LogP contribution in [0.1, 0.15) is 12.5 Å². The molecule has 0 aliphatic rings. The molecule has 0 aromatic heterocycles. The predicted octanol–water partition coefficient (Wildman–Crippen LogP) is 2.34. The van der Waals surface area contributed by atoms with Gasteiger partial charge < -0.3 is 20.5 Å². The van der Waals surface area contributed by atoms with Crippen LogP contribution in [0.3, 0.4) is 0 Å². The Bertz CT molecular complexity index is 981. The van der Waals surface area contributed by atoms with Crippen molar-refractivity contribution in [2.24, 2.45) is 10.8 Å². The number of hydrazone groups is 1. The summed E-state index contributed by atoms with van der Waals surface area (Å²) in [7, 11) is 0. The van der Waals surface area contributed by atoms with Gasteiger partial charge in [-0.1, -0.05) is 23.2 Å². The fraction of sp³-hybridized carbons (Fsp3) is 0.158. The lowest BCUT2D eigenvalue weighted by Crippen LogP contribution is -2.32. The van der Waals surface area contributed by atoms with Gasteiger partial charge in [0.25, 0.3) is 5.91 Å². The molecular formula is C19H18Cl2N4O5. The normalized spacial score (nSPS) is 10.5. The molecule has 11 heteroatoms. The molecule has 158 valence electrons. The molecule has 9 nitrogen and oxygen atoms in total. The van der Waals surface area contributed by atoms with Gasteiger partial charge in [-0.2, -0.15) is 5.10 Å². The van der Waals surface area contributed by atoms with Crippen molar-refractivity contribution in [3.8, 4) is 11.5 Å². The molecule has 0 radical (unpaired) electrons. The molecule has 0 spiro atoms. The number of hydrogen-bond donors (Lipinski definition) is 3. The monoisotopic (exact) mass is 452 g/mol. The van der Waals surface area contributed by atoms with Gasteiger partial charge in [-0.15, -0.1) is 0 Å². The Kier molecular flexibility index (Phi) is 8.45. The first-order valence-corrected chi connectivity index (χ1v) is 9.33. The first kappa shape index (κ1) is 23.0. The maximum Gasteiger partial charge on any atom is 0.329 e. The Balaban J connectivity index is 1.98. The third kappa shape index (κ3) is 6.94. The van der Waals surface area contributed by atoms with E-state index in [1.165, 1.54) is 24.4 Å². The van der Waals surface area contributed by atoms with Crippen molar-refractivity contribution < 1.29 is 23.9 Å². The van der Waals surface area contributed by atoms with Crippen LogP contribution in [0.4, 0.5) is 5.69 Å². The van der Waals surface area contributed by atoms with Gasteiger partial charge in [0.2, 0.25) is 0 Å².